The van der Waals surface area contributed by atoms with Gasteiger partial charge in [0.1, 0.15) is 34.7 Å². The van der Waals surface area contributed by atoms with Crippen LogP contribution in [0.15, 0.2) is 72.4 Å². The topological polar surface area (TPSA) is 71.5 Å². The zero-order valence-corrected chi connectivity index (χ0v) is 23.3. The van der Waals surface area contributed by atoms with Crippen LogP contribution in [0, 0.1) is 0 Å². The van der Waals surface area contributed by atoms with E-state index in [0.29, 0.717) is 18.1 Å². The molecule has 0 bridgehead atoms. The minimum atomic E-state index is -0.413. The highest BCUT2D eigenvalue weighted by Crippen LogP contribution is 2.39. The van der Waals surface area contributed by atoms with E-state index in [1.54, 1.807) is 13.2 Å². The highest BCUT2D eigenvalue weighted by molar-refractivity contribution is 6.03. The number of unbranched alkanes of at least 4 members (excludes halogenated alkanes) is 1. The molecule has 2 aliphatic rings. The second-order valence-corrected chi connectivity index (χ2v) is 10.1. The molecule has 2 aliphatic heterocycles. The SMILES string of the molecule is C=C(C)/C=C\C(=C/C)C1CC(=O)c2c(O)cc(OCCCCN3CCN(c4ccccc4OC)CC3)cc2O1. The van der Waals surface area contributed by atoms with Crippen molar-refractivity contribution in [2.45, 2.75) is 39.2 Å². The summed E-state index contributed by atoms with van der Waals surface area (Å²) in [4.78, 5) is 17.7. The number of Topliss-reactive ketones (excluding diaryl/α,β-unsaturated/α-hetero) is 1. The molecular formula is C32H40N2O5. The largest absolute Gasteiger partial charge is 0.507 e. The molecule has 1 unspecified atom stereocenters. The van der Waals surface area contributed by atoms with E-state index in [9.17, 15) is 9.90 Å². The molecule has 2 heterocycles. The molecule has 7 heteroatoms. The summed E-state index contributed by atoms with van der Waals surface area (Å²) in [5.41, 5.74) is 3.20. The zero-order valence-electron chi connectivity index (χ0n) is 23.3. The Kier molecular flexibility index (Phi) is 9.71. The van der Waals surface area contributed by atoms with Gasteiger partial charge in [0, 0.05) is 38.3 Å². The van der Waals surface area contributed by atoms with Gasteiger partial charge in [0.2, 0.25) is 0 Å². The Morgan fingerprint density at radius 1 is 1.15 bits per heavy atom. The number of phenolic OH excluding ortho intramolecular Hbond substituents is 1. The van der Waals surface area contributed by atoms with Gasteiger partial charge in [-0.05, 0) is 50.9 Å². The lowest BCUT2D eigenvalue weighted by molar-refractivity contribution is 0.0882. The van der Waals surface area contributed by atoms with E-state index < -0.39 is 6.10 Å². The summed E-state index contributed by atoms with van der Waals surface area (Å²) in [5, 5.41) is 10.5. The number of rotatable bonds is 11. The van der Waals surface area contributed by atoms with Gasteiger partial charge in [-0.15, -0.1) is 0 Å². The first-order chi connectivity index (χ1) is 18.9. The normalized spacial score (nSPS) is 18.1. The summed E-state index contributed by atoms with van der Waals surface area (Å²) in [6.07, 6.45) is 7.42. The minimum Gasteiger partial charge on any atom is -0.507 e. The summed E-state index contributed by atoms with van der Waals surface area (Å²) in [7, 11) is 1.72. The molecule has 0 aliphatic carbocycles. The van der Waals surface area contributed by atoms with Crippen LogP contribution >= 0.6 is 0 Å². The number of ether oxygens (including phenoxy) is 3. The highest BCUT2D eigenvalue weighted by atomic mass is 16.5. The van der Waals surface area contributed by atoms with E-state index in [1.165, 1.54) is 6.07 Å². The summed E-state index contributed by atoms with van der Waals surface area (Å²) in [6.45, 7) is 13.2. The van der Waals surface area contributed by atoms with Crippen molar-refractivity contribution >= 4 is 11.5 Å². The molecule has 2 aromatic rings. The lowest BCUT2D eigenvalue weighted by Crippen LogP contribution is -2.46. The number of piperazine rings is 1. The maximum Gasteiger partial charge on any atom is 0.174 e. The van der Waals surface area contributed by atoms with E-state index in [4.69, 9.17) is 14.2 Å². The number of aromatic hydroxyl groups is 1. The number of fused-ring (bicyclic) bond motifs is 1. The first-order valence-electron chi connectivity index (χ1n) is 13.7. The average molecular weight is 533 g/mol. The number of nitrogens with zero attached hydrogens (tertiary/aromatic N) is 2. The predicted octanol–water partition coefficient (Wildman–Crippen LogP) is 5.79. The number of hydrogen-bond donors (Lipinski definition) is 1. The van der Waals surface area contributed by atoms with E-state index in [1.807, 2.05) is 44.2 Å². The molecule has 0 amide bonds. The summed E-state index contributed by atoms with van der Waals surface area (Å²) in [6, 6.07) is 11.4. The van der Waals surface area contributed by atoms with Crippen molar-refractivity contribution in [1.82, 2.24) is 4.90 Å². The Bertz CT molecular complexity index is 1230. The second-order valence-electron chi connectivity index (χ2n) is 10.1. The van der Waals surface area contributed by atoms with Crippen molar-refractivity contribution in [2.75, 3.05) is 51.3 Å². The molecule has 7 nitrogen and oxygen atoms in total. The monoisotopic (exact) mass is 532 g/mol. The van der Waals surface area contributed by atoms with Crippen molar-refractivity contribution in [3.05, 3.63) is 77.9 Å². The number of allylic oxidation sites excluding steroid dienone is 3. The van der Waals surface area contributed by atoms with Crippen molar-refractivity contribution in [1.29, 1.82) is 0 Å². The number of phenols is 1. The van der Waals surface area contributed by atoms with Crippen LogP contribution in [-0.2, 0) is 0 Å². The molecule has 1 N–H and O–H groups in total. The third-order valence-corrected chi connectivity index (χ3v) is 7.17. The van der Waals surface area contributed by atoms with E-state index in [0.717, 1.165) is 68.1 Å². The van der Waals surface area contributed by atoms with Crippen LogP contribution in [0.5, 0.6) is 23.0 Å². The fraction of sp³-hybridized carbons (Fsp3) is 0.406. The van der Waals surface area contributed by atoms with E-state index in [2.05, 4.69) is 28.5 Å². The molecule has 1 fully saturated rings. The van der Waals surface area contributed by atoms with Crippen molar-refractivity contribution < 1.29 is 24.1 Å². The second kappa shape index (κ2) is 13.4. The molecule has 0 spiro atoms. The molecule has 0 saturated carbocycles. The smallest absolute Gasteiger partial charge is 0.174 e. The summed E-state index contributed by atoms with van der Waals surface area (Å²) in [5.74, 6) is 1.55. The molecule has 1 saturated heterocycles. The first kappa shape index (κ1) is 28.3. The Labute approximate surface area is 232 Å². The third kappa shape index (κ3) is 7.24. The number of methoxy groups -OCH3 is 1. The maximum atomic E-state index is 12.8. The Morgan fingerprint density at radius 2 is 1.92 bits per heavy atom. The van der Waals surface area contributed by atoms with Crippen molar-refractivity contribution in [3.63, 3.8) is 0 Å². The quantitative estimate of drug-likeness (QED) is 0.290. The van der Waals surface area contributed by atoms with Gasteiger partial charge in [0.15, 0.2) is 5.78 Å². The lowest BCUT2D eigenvalue weighted by atomic mass is 9.94. The van der Waals surface area contributed by atoms with E-state index >= 15 is 0 Å². The van der Waals surface area contributed by atoms with Gasteiger partial charge >= 0.3 is 0 Å². The Hall–Kier alpha value is -3.71. The van der Waals surface area contributed by atoms with Crippen LogP contribution in [0.3, 0.4) is 0 Å². The zero-order chi connectivity index (χ0) is 27.8. The molecule has 1 atom stereocenters. The number of carbonyl (C=O) groups excluding carboxylic acids is 1. The van der Waals surface area contributed by atoms with Gasteiger partial charge in [-0.3, -0.25) is 9.69 Å². The van der Waals surface area contributed by atoms with Crippen LogP contribution in [0.4, 0.5) is 5.69 Å². The Morgan fingerprint density at radius 3 is 2.64 bits per heavy atom. The number of ketones is 1. The number of anilines is 1. The van der Waals surface area contributed by atoms with Gasteiger partial charge in [-0.2, -0.15) is 0 Å². The minimum absolute atomic E-state index is 0.0987. The summed E-state index contributed by atoms with van der Waals surface area (Å²) >= 11 is 0. The molecule has 2 aromatic carbocycles. The standard InChI is InChI=1S/C32H40N2O5/c1-5-24(13-12-23(2)3)30-22-28(36)32-27(35)20-25(21-31(32)39-30)38-19-9-8-14-33-15-17-34(18-16-33)26-10-6-7-11-29(26)37-4/h5-7,10-13,20-21,30,35H,2,8-9,14-19,22H2,1,3-4H3/b13-12-,24-5+. The van der Waals surface area contributed by atoms with Crippen LogP contribution < -0.4 is 19.1 Å². The molecule has 4 rings (SSSR count). The third-order valence-electron chi connectivity index (χ3n) is 7.17. The average Bonchev–Trinajstić information content (AvgIpc) is 2.93. The van der Waals surface area contributed by atoms with Crippen LogP contribution in [-0.4, -0.2) is 68.3 Å². The van der Waals surface area contributed by atoms with Gasteiger partial charge in [0.25, 0.3) is 0 Å². The number of carbonyl (C=O) groups is 1. The highest BCUT2D eigenvalue weighted by Gasteiger charge is 2.31. The lowest BCUT2D eigenvalue weighted by Gasteiger charge is -2.36. The van der Waals surface area contributed by atoms with Gasteiger partial charge in [-0.25, -0.2) is 0 Å². The Balaban J connectivity index is 1.25. The number of para-hydroxylation sites is 2. The predicted molar refractivity (Wildman–Crippen MR) is 156 cm³/mol. The summed E-state index contributed by atoms with van der Waals surface area (Å²) < 4.78 is 17.6. The van der Waals surface area contributed by atoms with Crippen molar-refractivity contribution in [3.8, 4) is 23.0 Å². The van der Waals surface area contributed by atoms with E-state index in [-0.39, 0.29) is 23.5 Å². The fourth-order valence-corrected chi connectivity index (χ4v) is 5.04. The molecule has 39 heavy (non-hydrogen) atoms. The molecule has 0 radical (unpaired) electrons. The number of benzene rings is 2. The van der Waals surface area contributed by atoms with Crippen LogP contribution in [0.2, 0.25) is 0 Å². The first-order valence-corrected chi connectivity index (χ1v) is 13.7. The fourth-order valence-electron chi connectivity index (χ4n) is 5.04. The van der Waals surface area contributed by atoms with Gasteiger partial charge in [0.05, 0.1) is 25.8 Å². The maximum absolute atomic E-state index is 12.8. The molecule has 0 aromatic heterocycles. The number of hydrogen-bond acceptors (Lipinski definition) is 7. The van der Waals surface area contributed by atoms with Gasteiger partial charge < -0.3 is 24.2 Å². The molecule has 208 valence electrons. The van der Waals surface area contributed by atoms with Gasteiger partial charge in [-0.1, -0.05) is 42.5 Å². The van der Waals surface area contributed by atoms with Crippen LogP contribution in [0.25, 0.3) is 0 Å². The van der Waals surface area contributed by atoms with Crippen LogP contribution in [0.1, 0.15) is 43.5 Å². The van der Waals surface area contributed by atoms with Crippen molar-refractivity contribution in [2.24, 2.45) is 0 Å². The molecular weight excluding hydrogens is 492 g/mol.